The van der Waals surface area contributed by atoms with Gasteiger partial charge in [0.05, 0.1) is 18.7 Å². The van der Waals surface area contributed by atoms with E-state index in [-0.39, 0.29) is 18.7 Å². The summed E-state index contributed by atoms with van der Waals surface area (Å²) in [5, 5.41) is 22.2. The van der Waals surface area contributed by atoms with Crippen molar-refractivity contribution in [3.05, 3.63) is 35.9 Å². The van der Waals surface area contributed by atoms with Crippen LogP contribution in [-0.4, -0.2) is 47.8 Å². The van der Waals surface area contributed by atoms with Crippen molar-refractivity contribution in [3.8, 4) is 0 Å². The molecule has 1 saturated heterocycles. The summed E-state index contributed by atoms with van der Waals surface area (Å²) in [4.78, 5) is 6.53. The molecule has 1 aliphatic carbocycles. The summed E-state index contributed by atoms with van der Waals surface area (Å²) in [6.07, 6.45) is 9.21. The minimum Gasteiger partial charge on any atom is -0.395 e. The smallest absolute Gasteiger partial charge is 0.168 e. The van der Waals surface area contributed by atoms with E-state index in [1.165, 1.54) is 6.42 Å². The van der Waals surface area contributed by atoms with Gasteiger partial charge in [0.1, 0.15) is 0 Å². The number of hydrogen-bond acceptors (Lipinski definition) is 6. The third-order valence-electron chi connectivity index (χ3n) is 5.18. The normalized spacial score (nSPS) is 25.6. The van der Waals surface area contributed by atoms with Gasteiger partial charge in [0.15, 0.2) is 5.82 Å². The predicted molar refractivity (Wildman–Crippen MR) is 83.3 cm³/mol. The molecule has 2 aliphatic rings. The van der Waals surface area contributed by atoms with E-state index in [2.05, 4.69) is 31.5 Å². The number of aliphatic hydroxyl groups excluding tert-OH is 1. The van der Waals surface area contributed by atoms with E-state index in [4.69, 9.17) is 0 Å². The van der Waals surface area contributed by atoms with Crippen LogP contribution in [0.1, 0.15) is 55.6 Å². The van der Waals surface area contributed by atoms with Crippen molar-refractivity contribution in [3.63, 3.8) is 0 Å². The fraction of sp³-hybridized carbons (Fsp3) is 0.625. The molecule has 4 rings (SSSR count). The van der Waals surface area contributed by atoms with Crippen molar-refractivity contribution >= 4 is 0 Å². The van der Waals surface area contributed by atoms with Crippen molar-refractivity contribution in [2.75, 3.05) is 6.61 Å². The van der Waals surface area contributed by atoms with Gasteiger partial charge in [0.25, 0.3) is 0 Å². The van der Waals surface area contributed by atoms with E-state index in [9.17, 15) is 5.11 Å². The highest BCUT2D eigenvalue weighted by molar-refractivity contribution is 5.11. The van der Waals surface area contributed by atoms with E-state index < -0.39 is 0 Å². The van der Waals surface area contributed by atoms with Crippen molar-refractivity contribution in [2.24, 2.45) is 0 Å². The summed E-state index contributed by atoms with van der Waals surface area (Å²) in [6.45, 7) is 0.934. The first-order valence-corrected chi connectivity index (χ1v) is 8.40. The van der Waals surface area contributed by atoms with Gasteiger partial charge in [0, 0.05) is 25.0 Å². The molecule has 2 aromatic heterocycles. The lowest BCUT2D eigenvalue weighted by atomic mass is 9.93. The Bertz CT molecular complexity index is 641. The number of pyridine rings is 1. The number of nitrogens with zero attached hydrogens (tertiary/aromatic N) is 6. The molecule has 7 heteroatoms. The topological polar surface area (TPSA) is 80.0 Å². The van der Waals surface area contributed by atoms with E-state index >= 15 is 0 Å². The molecule has 122 valence electrons. The minimum absolute atomic E-state index is 0.159. The van der Waals surface area contributed by atoms with E-state index in [1.807, 2.05) is 16.9 Å². The molecule has 0 aromatic carbocycles. The van der Waals surface area contributed by atoms with Crippen molar-refractivity contribution in [1.82, 2.24) is 30.1 Å². The van der Waals surface area contributed by atoms with Gasteiger partial charge in [-0.3, -0.25) is 9.88 Å². The molecule has 2 atom stereocenters. The maximum absolute atomic E-state index is 9.75. The zero-order chi connectivity index (χ0) is 15.6. The van der Waals surface area contributed by atoms with Crippen molar-refractivity contribution < 1.29 is 5.11 Å². The number of aromatic nitrogens is 5. The lowest BCUT2D eigenvalue weighted by molar-refractivity contribution is 0.114. The Kier molecular flexibility index (Phi) is 4.05. The monoisotopic (exact) mass is 314 g/mol. The number of hydrogen-bond donors (Lipinski definition) is 1. The maximum Gasteiger partial charge on any atom is 0.168 e. The largest absolute Gasteiger partial charge is 0.395 e. The molecule has 7 nitrogen and oxygen atoms in total. The average Bonchev–Trinajstić information content (AvgIpc) is 3.13. The van der Waals surface area contributed by atoms with Crippen molar-refractivity contribution in [1.29, 1.82) is 0 Å². The molecule has 0 bridgehead atoms. The second-order valence-corrected chi connectivity index (χ2v) is 6.53. The van der Waals surface area contributed by atoms with Crippen LogP contribution < -0.4 is 0 Å². The second kappa shape index (κ2) is 6.33. The van der Waals surface area contributed by atoms with Gasteiger partial charge >= 0.3 is 0 Å². The van der Waals surface area contributed by atoms with Crippen LogP contribution in [0.3, 0.4) is 0 Å². The molecule has 1 N–H and O–H groups in total. The molecular weight excluding hydrogens is 292 g/mol. The zero-order valence-electron chi connectivity index (χ0n) is 13.1. The van der Waals surface area contributed by atoms with Crippen molar-refractivity contribution in [2.45, 2.75) is 56.8 Å². The van der Waals surface area contributed by atoms with Gasteiger partial charge in [-0.25, -0.2) is 4.68 Å². The number of rotatable bonds is 5. The lowest BCUT2D eigenvalue weighted by Gasteiger charge is -2.31. The molecule has 0 radical (unpaired) electrons. The highest BCUT2D eigenvalue weighted by atomic mass is 16.3. The summed E-state index contributed by atoms with van der Waals surface area (Å²) < 4.78 is 2.02. The first-order valence-electron chi connectivity index (χ1n) is 8.40. The molecule has 3 heterocycles. The Morgan fingerprint density at radius 2 is 2.13 bits per heavy atom. The highest BCUT2D eigenvalue weighted by Gasteiger charge is 2.38. The van der Waals surface area contributed by atoms with E-state index in [1.54, 1.807) is 6.20 Å². The maximum atomic E-state index is 9.75. The molecule has 2 aromatic rings. The third kappa shape index (κ3) is 2.74. The van der Waals surface area contributed by atoms with E-state index in [0.29, 0.717) is 6.04 Å². The summed E-state index contributed by atoms with van der Waals surface area (Å²) in [5.74, 6) is 0.953. The SMILES string of the molecule is OC[C@@H]1CC[C@@H](c2nnnn2C2CCC2)N1Cc1cccnc1. The molecule has 23 heavy (non-hydrogen) atoms. The summed E-state index contributed by atoms with van der Waals surface area (Å²) in [5.41, 5.74) is 1.15. The molecule has 0 spiro atoms. The molecule has 1 saturated carbocycles. The molecule has 0 unspecified atom stereocenters. The van der Waals surface area contributed by atoms with Crippen LogP contribution in [0.5, 0.6) is 0 Å². The fourth-order valence-electron chi connectivity index (χ4n) is 3.66. The van der Waals surface area contributed by atoms with Gasteiger partial charge in [-0.2, -0.15) is 0 Å². The summed E-state index contributed by atoms with van der Waals surface area (Å²) in [6, 6.07) is 4.81. The average molecular weight is 314 g/mol. The first kappa shape index (κ1) is 14.7. The number of tetrazole rings is 1. The van der Waals surface area contributed by atoms with Crippen LogP contribution >= 0.6 is 0 Å². The molecule has 1 aliphatic heterocycles. The van der Waals surface area contributed by atoms with Crippen LogP contribution in [0.4, 0.5) is 0 Å². The Morgan fingerprint density at radius 1 is 1.22 bits per heavy atom. The van der Waals surface area contributed by atoms with E-state index in [0.717, 1.165) is 43.6 Å². The van der Waals surface area contributed by atoms with Gasteiger partial charge in [-0.05, 0) is 54.2 Å². The Hall–Kier alpha value is -1.86. The van der Waals surface area contributed by atoms with Gasteiger partial charge in [-0.15, -0.1) is 5.10 Å². The molecule has 2 fully saturated rings. The standard InChI is InChI=1S/C16H22N6O/c23-11-14-6-7-15(21(14)10-12-3-2-8-17-9-12)16-18-19-20-22(16)13-4-1-5-13/h2-3,8-9,13-15,23H,1,4-7,10-11H2/t14-,15-/m0/s1. The lowest BCUT2D eigenvalue weighted by Crippen LogP contribution is -2.35. The van der Waals surface area contributed by atoms with Crippen LogP contribution in [0.25, 0.3) is 0 Å². The Morgan fingerprint density at radius 3 is 2.83 bits per heavy atom. The van der Waals surface area contributed by atoms with Crippen LogP contribution in [0.2, 0.25) is 0 Å². The first-order chi connectivity index (χ1) is 11.4. The van der Waals surface area contributed by atoms with Gasteiger partial charge < -0.3 is 5.11 Å². The van der Waals surface area contributed by atoms with Crippen LogP contribution in [-0.2, 0) is 6.54 Å². The zero-order valence-corrected chi connectivity index (χ0v) is 13.1. The number of aliphatic hydroxyl groups is 1. The Labute approximate surface area is 135 Å². The van der Waals surface area contributed by atoms with Crippen LogP contribution in [0, 0.1) is 0 Å². The quantitative estimate of drug-likeness (QED) is 0.900. The Balaban J connectivity index is 1.60. The molecule has 0 amide bonds. The second-order valence-electron chi connectivity index (χ2n) is 6.53. The number of likely N-dealkylation sites (tertiary alicyclic amines) is 1. The highest BCUT2D eigenvalue weighted by Crippen LogP contribution is 2.39. The minimum atomic E-state index is 0.159. The predicted octanol–water partition coefficient (Wildman–Crippen LogP) is 1.49. The molecular formula is C16H22N6O. The van der Waals surface area contributed by atoms with Gasteiger partial charge in [-0.1, -0.05) is 6.07 Å². The summed E-state index contributed by atoms with van der Waals surface area (Å²) >= 11 is 0. The van der Waals surface area contributed by atoms with Crippen LogP contribution in [0.15, 0.2) is 24.5 Å². The third-order valence-corrected chi connectivity index (χ3v) is 5.18. The van der Waals surface area contributed by atoms with Gasteiger partial charge in [0.2, 0.25) is 0 Å². The fourth-order valence-corrected chi connectivity index (χ4v) is 3.66. The summed E-state index contributed by atoms with van der Waals surface area (Å²) in [7, 11) is 0.